The fourth-order valence-corrected chi connectivity index (χ4v) is 2.38. The van der Waals surface area contributed by atoms with Gasteiger partial charge >= 0.3 is 12.1 Å². The lowest BCUT2D eigenvalue weighted by atomic mass is 9.93. The number of halogens is 4. The SMILES string of the molecule is Nc1ccc(F)cc1OC1CCC(NC(=O)C(F)(F)F)CC1. The molecule has 0 aromatic heterocycles. The van der Waals surface area contributed by atoms with E-state index in [1.165, 1.54) is 18.2 Å². The summed E-state index contributed by atoms with van der Waals surface area (Å²) in [6, 6.07) is 3.25. The molecule has 0 aliphatic heterocycles. The summed E-state index contributed by atoms with van der Waals surface area (Å²) in [5.41, 5.74) is 5.97. The zero-order chi connectivity index (χ0) is 16.3. The Hall–Kier alpha value is -1.99. The lowest BCUT2D eigenvalue weighted by Gasteiger charge is -2.30. The Labute approximate surface area is 124 Å². The van der Waals surface area contributed by atoms with Gasteiger partial charge in [0.2, 0.25) is 0 Å². The number of nitrogens with two attached hydrogens (primary N) is 1. The first-order chi connectivity index (χ1) is 10.3. The van der Waals surface area contributed by atoms with E-state index in [1.807, 2.05) is 5.32 Å². The summed E-state index contributed by atoms with van der Waals surface area (Å²) in [6.45, 7) is 0. The number of amides is 1. The molecule has 0 radical (unpaired) electrons. The Morgan fingerprint density at radius 2 is 1.86 bits per heavy atom. The van der Waals surface area contributed by atoms with Crippen LogP contribution < -0.4 is 15.8 Å². The third-order valence-electron chi connectivity index (χ3n) is 3.54. The van der Waals surface area contributed by atoms with Crippen molar-refractivity contribution in [1.82, 2.24) is 5.32 Å². The Balaban J connectivity index is 1.85. The van der Waals surface area contributed by atoms with Gasteiger partial charge in [-0.1, -0.05) is 0 Å². The molecule has 1 aromatic rings. The number of carbonyl (C=O) groups is 1. The molecule has 1 fully saturated rings. The molecule has 1 aromatic carbocycles. The fourth-order valence-electron chi connectivity index (χ4n) is 2.38. The minimum atomic E-state index is -4.87. The van der Waals surface area contributed by atoms with E-state index in [-0.39, 0.29) is 11.9 Å². The number of carbonyl (C=O) groups excluding carboxylic acids is 1. The number of nitrogen functional groups attached to an aromatic ring is 1. The van der Waals surface area contributed by atoms with E-state index in [9.17, 15) is 22.4 Å². The smallest absolute Gasteiger partial charge is 0.471 e. The molecule has 122 valence electrons. The average molecular weight is 320 g/mol. The number of ether oxygens (including phenoxy) is 1. The van der Waals surface area contributed by atoms with Crippen molar-refractivity contribution in [2.75, 3.05) is 5.73 Å². The maximum Gasteiger partial charge on any atom is 0.471 e. The van der Waals surface area contributed by atoms with Crippen LogP contribution in [0.25, 0.3) is 0 Å². The van der Waals surface area contributed by atoms with E-state index in [2.05, 4.69) is 0 Å². The Morgan fingerprint density at radius 1 is 1.23 bits per heavy atom. The van der Waals surface area contributed by atoms with Crippen LogP contribution in [0.4, 0.5) is 23.2 Å². The molecule has 0 unspecified atom stereocenters. The van der Waals surface area contributed by atoms with Gasteiger partial charge in [0.15, 0.2) is 0 Å². The molecule has 1 saturated carbocycles. The summed E-state index contributed by atoms with van der Waals surface area (Å²) >= 11 is 0. The van der Waals surface area contributed by atoms with Gasteiger partial charge in [-0.05, 0) is 37.8 Å². The topological polar surface area (TPSA) is 64.3 Å². The lowest BCUT2D eigenvalue weighted by Crippen LogP contribution is -2.45. The third kappa shape index (κ3) is 4.25. The van der Waals surface area contributed by atoms with Crippen LogP contribution in [0.1, 0.15) is 25.7 Å². The maximum atomic E-state index is 13.1. The predicted molar refractivity (Wildman–Crippen MR) is 71.7 cm³/mol. The van der Waals surface area contributed by atoms with E-state index in [4.69, 9.17) is 10.5 Å². The molecule has 3 N–H and O–H groups in total. The van der Waals surface area contributed by atoms with Crippen molar-refractivity contribution in [3.05, 3.63) is 24.0 Å². The zero-order valence-corrected chi connectivity index (χ0v) is 11.6. The Kier molecular flexibility index (Phi) is 4.77. The molecule has 8 heteroatoms. The number of hydrogen-bond donors (Lipinski definition) is 2. The van der Waals surface area contributed by atoms with E-state index in [1.54, 1.807) is 0 Å². The van der Waals surface area contributed by atoms with Gasteiger partial charge in [0.1, 0.15) is 11.6 Å². The van der Waals surface area contributed by atoms with Gasteiger partial charge in [0, 0.05) is 12.1 Å². The van der Waals surface area contributed by atoms with Gasteiger partial charge in [-0.3, -0.25) is 4.79 Å². The highest BCUT2D eigenvalue weighted by molar-refractivity contribution is 5.81. The van der Waals surface area contributed by atoms with Crippen molar-refractivity contribution in [2.24, 2.45) is 0 Å². The second kappa shape index (κ2) is 6.41. The summed E-state index contributed by atoms with van der Waals surface area (Å²) in [5, 5.41) is 1.96. The Bertz CT molecular complexity index is 540. The van der Waals surface area contributed by atoms with Crippen molar-refractivity contribution in [3.8, 4) is 5.75 Å². The molecule has 0 saturated heterocycles. The molecule has 0 spiro atoms. The average Bonchev–Trinajstić information content (AvgIpc) is 2.44. The largest absolute Gasteiger partial charge is 0.488 e. The van der Waals surface area contributed by atoms with Gasteiger partial charge < -0.3 is 15.8 Å². The standard InChI is InChI=1S/C14H16F4N2O2/c15-8-1-6-11(19)12(7-8)22-10-4-2-9(3-5-10)20-13(21)14(16,17)18/h1,6-7,9-10H,2-5,19H2,(H,20,21). The monoisotopic (exact) mass is 320 g/mol. The van der Waals surface area contributed by atoms with Crippen LogP contribution in [0.3, 0.4) is 0 Å². The van der Waals surface area contributed by atoms with Crippen LogP contribution in [-0.2, 0) is 4.79 Å². The summed E-state index contributed by atoms with van der Waals surface area (Å²) in [7, 11) is 0. The molecule has 0 heterocycles. The van der Waals surface area contributed by atoms with Crippen molar-refractivity contribution in [3.63, 3.8) is 0 Å². The molecule has 0 atom stereocenters. The minimum Gasteiger partial charge on any atom is -0.488 e. The first-order valence-corrected chi connectivity index (χ1v) is 6.85. The minimum absolute atomic E-state index is 0.225. The molecule has 4 nitrogen and oxygen atoms in total. The van der Waals surface area contributed by atoms with Crippen LogP contribution in [-0.4, -0.2) is 24.2 Å². The maximum absolute atomic E-state index is 13.1. The molecular weight excluding hydrogens is 304 g/mol. The van der Waals surface area contributed by atoms with Crippen LogP contribution >= 0.6 is 0 Å². The van der Waals surface area contributed by atoms with Gasteiger partial charge in [-0.15, -0.1) is 0 Å². The van der Waals surface area contributed by atoms with Gasteiger partial charge in [0.05, 0.1) is 11.8 Å². The van der Waals surface area contributed by atoms with Crippen LogP contribution in [0.15, 0.2) is 18.2 Å². The molecule has 1 aliphatic carbocycles. The van der Waals surface area contributed by atoms with Crippen molar-refractivity contribution in [2.45, 2.75) is 44.0 Å². The van der Waals surface area contributed by atoms with E-state index in [0.29, 0.717) is 31.4 Å². The second-order valence-corrected chi connectivity index (χ2v) is 5.24. The summed E-state index contributed by atoms with van der Waals surface area (Å²) < 4.78 is 55.2. The molecule has 1 aliphatic rings. The van der Waals surface area contributed by atoms with Crippen LogP contribution in [0, 0.1) is 5.82 Å². The molecule has 1 amide bonds. The van der Waals surface area contributed by atoms with Crippen LogP contribution in [0.5, 0.6) is 5.75 Å². The molecule has 0 bridgehead atoms. The van der Waals surface area contributed by atoms with Gasteiger partial charge in [-0.25, -0.2) is 4.39 Å². The predicted octanol–water partition coefficient (Wildman–Crippen LogP) is 2.78. The fraction of sp³-hybridized carbons (Fsp3) is 0.500. The molecule has 2 rings (SSSR count). The first-order valence-electron chi connectivity index (χ1n) is 6.85. The number of benzene rings is 1. The van der Waals surface area contributed by atoms with Crippen molar-refractivity contribution >= 4 is 11.6 Å². The van der Waals surface area contributed by atoms with Gasteiger partial charge in [0.25, 0.3) is 0 Å². The summed E-state index contributed by atoms with van der Waals surface area (Å²) in [6.07, 6.45) is -3.49. The molecule has 22 heavy (non-hydrogen) atoms. The van der Waals surface area contributed by atoms with Crippen molar-refractivity contribution in [1.29, 1.82) is 0 Å². The quantitative estimate of drug-likeness (QED) is 0.665. The highest BCUT2D eigenvalue weighted by Gasteiger charge is 2.40. The van der Waals surface area contributed by atoms with E-state index in [0.717, 1.165) is 0 Å². The van der Waals surface area contributed by atoms with Crippen LogP contribution in [0.2, 0.25) is 0 Å². The number of alkyl halides is 3. The summed E-state index contributed by atoms with van der Waals surface area (Å²) in [4.78, 5) is 10.9. The highest BCUT2D eigenvalue weighted by Crippen LogP contribution is 2.28. The van der Waals surface area contributed by atoms with E-state index >= 15 is 0 Å². The zero-order valence-electron chi connectivity index (χ0n) is 11.6. The summed E-state index contributed by atoms with van der Waals surface area (Å²) in [5.74, 6) is -2.18. The van der Waals surface area contributed by atoms with E-state index < -0.39 is 23.9 Å². The highest BCUT2D eigenvalue weighted by atomic mass is 19.4. The second-order valence-electron chi connectivity index (χ2n) is 5.24. The Morgan fingerprint density at radius 3 is 2.45 bits per heavy atom. The number of rotatable bonds is 3. The number of anilines is 1. The number of hydrogen-bond acceptors (Lipinski definition) is 3. The molecular formula is C14H16F4N2O2. The lowest BCUT2D eigenvalue weighted by molar-refractivity contribution is -0.174. The van der Waals surface area contributed by atoms with Gasteiger partial charge in [-0.2, -0.15) is 13.2 Å². The first kappa shape index (κ1) is 16.4. The third-order valence-corrected chi connectivity index (χ3v) is 3.54. The number of nitrogens with one attached hydrogen (secondary N) is 1. The van der Waals surface area contributed by atoms with Crippen molar-refractivity contribution < 1.29 is 27.1 Å². The normalized spacial score (nSPS) is 22.2.